The number of amides is 1. The number of nitrogens with zero attached hydrogens (tertiary/aromatic N) is 2. The van der Waals surface area contributed by atoms with Crippen LogP contribution in [0.25, 0.3) is 0 Å². The number of aromatic nitrogens is 1. The third-order valence-corrected chi connectivity index (χ3v) is 1.40. The Hall–Kier alpha value is -1.39. The number of hydrogen-bond acceptors (Lipinski definition) is 4. The Labute approximate surface area is 98.2 Å². The van der Waals surface area contributed by atoms with Crippen LogP contribution in [0.15, 0.2) is 29.4 Å². The number of carbonyl (C=O) groups excluding carboxylic acids is 1. The largest absolute Gasteiger partial charge is 0.482 e. The molecule has 1 aromatic rings. The molecular formula is C9H11MnN3O2. The molecule has 15 heavy (non-hydrogen) atoms. The molecule has 0 saturated carbocycles. The molecule has 5 nitrogen and oxygen atoms in total. The summed E-state index contributed by atoms with van der Waals surface area (Å²) in [7, 11) is 0. The fourth-order valence-corrected chi connectivity index (χ4v) is 0.772. The monoisotopic (exact) mass is 248 g/mol. The second-order valence-electron chi connectivity index (χ2n) is 2.46. The average molecular weight is 248 g/mol. The topological polar surface area (TPSA) is 77.6 Å². The molecule has 1 aromatic heterocycles. The van der Waals surface area contributed by atoms with Gasteiger partial charge in [0.1, 0.15) is 12.3 Å². The average Bonchev–Trinajstić information content (AvgIpc) is 2.77. The zero-order chi connectivity index (χ0) is 10.2. The Morgan fingerprint density at radius 1 is 1.47 bits per heavy atom. The van der Waals surface area contributed by atoms with Crippen LogP contribution < -0.4 is 5.73 Å². The van der Waals surface area contributed by atoms with Crippen molar-refractivity contribution in [2.24, 2.45) is 10.7 Å². The quantitative estimate of drug-likeness (QED) is 0.722. The number of nitrogens with two attached hydrogens (primary N) is 1. The van der Waals surface area contributed by atoms with E-state index in [0.29, 0.717) is 5.69 Å². The van der Waals surface area contributed by atoms with E-state index in [-0.39, 0.29) is 17.1 Å². The summed E-state index contributed by atoms with van der Waals surface area (Å²) in [6.45, 7) is 1.62. The summed E-state index contributed by atoms with van der Waals surface area (Å²) in [5.41, 5.74) is 5.22. The molecule has 0 bridgehead atoms. The normalized spacial score (nSPS) is 11.7. The first-order valence-corrected chi connectivity index (χ1v) is 4.11. The van der Waals surface area contributed by atoms with Crippen molar-refractivity contribution in [2.75, 3.05) is 13.2 Å². The van der Waals surface area contributed by atoms with Gasteiger partial charge >= 0.3 is 0 Å². The van der Waals surface area contributed by atoms with E-state index in [9.17, 15) is 4.79 Å². The zero-order valence-electron chi connectivity index (χ0n) is 7.97. The maximum absolute atomic E-state index is 10.4. The number of hydrogen-bond donors (Lipinski definition) is 1. The third-order valence-electron chi connectivity index (χ3n) is 1.40. The molecule has 0 aromatic carbocycles. The minimum Gasteiger partial charge on any atom is -0.482 e. The summed E-state index contributed by atoms with van der Waals surface area (Å²) in [4.78, 5) is 17.8. The Morgan fingerprint density at radius 3 is 2.53 bits per heavy atom. The van der Waals surface area contributed by atoms with Gasteiger partial charge in [-0.15, -0.1) is 0 Å². The molecule has 1 amide bonds. The molecular weight excluding hydrogens is 237 g/mol. The van der Waals surface area contributed by atoms with Crippen LogP contribution >= 0.6 is 0 Å². The van der Waals surface area contributed by atoms with Crippen molar-refractivity contribution in [3.8, 4) is 0 Å². The van der Waals surface area contributed by atoms with Gasteiger partial charge in [0.15, 0.2) is 6.40 Å². The van der Waals surface area contributed by atoms with E-state index >= 15 is 0 Å². The molecule has 0 atom stereocenters. The summed E-state index contributed by atoms with van der Waals surface area (Å²) in [6, 6.07) is 5.02. The van der Waals surface area contributed by atoms with Crippen molar-refractivity contribution in [1.29, 1.82) is 0 Å². The number of aliphatic imine (C=N–C) groups is 1. The van der Waals surface area contributed by atoms with Crippen LogP contribution in [0.1, 0.15) is 10.5 Å². The first kappa shape index (κ1) is 13.6. The summed E-state index contributed by atoms with van der Waals surface area (Å²) in [6.07, 6.45) is 3.01. The Balaban J connectivity index is 0.000000280. The van der Waals surface area contributed by atoms with Crippen molar-refractivity contribution in [3.05, 3.63) is 30.1 Å². The molecule has 6 heteroatoms. The third kappa shape index (κ3) is 5.83. The molecule has 2 N–H and O–H groups in total. The zero-order valence-corrected chi connectivity index (χ0v) is 9.15. The number of rotatable bonds is 1. The second kappa shape index (κ2) is 7.96. The van der Waals surface area contributed by atoms with Gasteiger partial charge in [0.05, 0.1) is 6.54 Å². The molecule has 1 radical (unpaired) electrons. The number of pyridine rings is 1. The molecule has 0 fully saturated rings. The van der Waals surface area contributed by atoms with E-state index < -0.39 is 5.91 Å². The number of primary amides is 1. The fraction of sp³-hybridized carbons (Fsp3) is 0.222. The Morgan fingerprint density at radius 2 is 2.27 bits per heavy atom. The molecule has 1 aliphatic rings. The van der Waals surface area contributed by atoms with E-state index in [1.165, 1.54) is 12.6 Å². The predicted octanol–water partition coefficient (Wildman–Crippen LogP) is 0.223. The van der Waals surface area contributed by atoms with Gasteiger partial charge in [0.25, 0.3) is 5.91 Å². The molecule has 0 unspecified atom stereocenters. The van der Waals surface area contributed by atoms with E-state index in [1.807, 2.05) is 0 Å². The number of carbonyl (C=O) groups is 1. The van der Waals surface area contributed by atoms with E-state index in [0.717, 1.165) is 13.2 Å². The molecule has 0 aliphatic carbocycles. The van der Waals surface area contributed by atoms with E-state index in [1.54, 1.807) is 18.2 Å². The maximum atomic E-state index is 10.4. The van der Waals surface area contributed by atoms with Gasteiger partial charge in [-0.25, -0.2) is 0 Å². The van der Waals surface area contributed by atoms with Crippen molar-refractivity contribution in [1.82, 2.24) is 4.98 Å². The minimum atomic E-state index is -0.490. The molecule has 81 valence electrons. The second-order valence-corrected chi connectivity index (χ2v) is 2.46. The van der Waals surface area contributed by atoms with Gasteiger partial charge in [-0.3, -0.25) is 14.8 Å². The molecule has 1 aliphatic heterocycles. The van der Waals surface area contributed by atoms with Gasteiger partial charge < -0.3 is 10.5 Å². The summed E-state index contributed by atoms with van der Waals surface area (Å²) in [5, 5.41) is 0. The van der Waals surface area contributed by atoms with Crippen LogP contribution in [-0.2, 0) is 21.8 Å². The SMILES string of the molecule is C1=NCCO1.NC(=O)c1ccccn1.[Mn]. The van der Waals surface area contributed by atoms with Crippen molar-refractivity contribution in [2.45, 2.75) is 0 Å². The summed E-state index contributed by atoms with van der Waals surface area (Å²) in [5.74, 6) is -0.490. The van der Waals surface area contributed by atoms with Gasteiger partial charge in [-0.05, 0) is 12.1 Å². The van der Waals surface area contributed by atoms with E-state index in [4.69, 9.17) is 5.73 Å². The van der Waals surface area contributed by atoms with E-state index in [2.05, 4.69) is 14.7 Å². The number of ether oxygens (including phenoxy) is 1. The van der Waals surface area contributed by atoms with Crippen LogP contribution in [0.5, 0.6) is 0 Å². The van der Waals surface area contributed by atoms with Crippen LogP contribution in [-0.4, -0.2) is 30.4 Å². The molecule has 0 spiro atoms. The first-order chi connectivity index (χ1) is 6.80. The van der Waals surface area contributed by atoms with Crippen molar-refractivity contribution < 1.29 is 26.6 Å². The molecule has 2 rings (SSSR count). The van der Waals surface area contributed by atoms with Gasteiger partial charge in [-0.1, -0.05) is 6.07 Å². The van der Waals surface area contributed by atoms with Crippen LogP contribution in [0.2, 0.25) is 0 Å². The molecule has 2 heterocycles. The van der Waals surface area contributed by atoms with Gasteiger partial charge in [0.2, 0.25) is 0 Å². The predicted molar refractivity (Wildman–Crippen MR) is 52.1 cm³/mol. The van der Waals surface area contributed by atoms with Gasteiger partial charge in [0, 0.05) is 23.3 Å². The van der Waals surface area contributed by atoms with Crippen LogP contribution in [0.3, 0.4) is 0 Å². The Bertz CT molecular complexity index is 310. The standard InChI is InChI=1S/C6H6N2O.C3H5NO.Mn/c7-6(9)5-3-1-2-4-8-5;1-2-5-3-4-1;/h1-4H,(H2,7,9);3H,1-2H2;. The van der Waals surface area contributed by atoms with Crippen LogP contribution in [0, 0.1) is 0 Å². The smallest absolute Gasteiger partial charge is 0.267 e. The first-order valence-electron chi connectivity index (χ1n) is 4.11. The fourth-order valence-electron chi connectivity index (χ4n) is 0.772. The van der Waals surface area contributed by atoms with Crippen molar-refractivity contribution >= 4 is 12.3 Å². The summed E-state index contributed by atoms with van der Waals surface area (Å²) >= 11 is 0. The van der Waals surface area contributed by atoms with Crippen LogP contribution in [0.4, 0.5) is 0 Å². The van der Waals surface area contributed by atoms with Crippen molar-refractivity contribution in [3.63, 3.8) is 0 Å². The summed E-state index contributed by atoms with van der Waals surface area (Å²) < 4.78 is 4.65. The Kier molecular flexibility index (Phi) is 7.22. The maximum Gasteiger partial charge on any atom is 0.267 e. The molecule has 0 saturated heterocycles. The van der Waals surface area contributed by atoms with Gasteiger partial charge in [-0.2, -0.15) is 0 Å². The minimum absolute atomic E-state index is 0.